The molecule has 14 heavy (non-hydrogen) atoms. The monoisotopic (exact) mass is 198 g/mol. The highest BCUT2D eigenvalue weighted by Crippen LogP contribution is 2.22. The lowest BCUT2D eigenvalue weighted by Gasteiger charge is -2.07. The van der Waals surface area contributed by atoms with Crippen LogP contribution in [0.25, 0.3) is 0 Å². The molecule has 0 bridgehead atoms. The fourth-order valence-electron chi connectivity index (χ4n) is 0.842. The molecule has 6 heteroatoms. The molecule has 0 saturated heterocycles. The summed E-state index contributed by atoms with van der Waals surface area (Å²) in [6, 6.07) is 2.97. The molecule has 0 unspecified atom stereocenters. The van der Waals surface area contributed by atoms with Crippen molar-refractivity contribution < 1.29 is 14.8 Å². The number of ether oxygens (including phenoxy) is 1. The Labute approximate surface area is 80.3 Å². The van der Waals surface area contributed by atoms with E-state index in [9.17, 15) is 10.1 Å². The van der Waals surface area contributed by atoms with Crippen molar-refractivity contribution >= 4 is 5.82 Å². The van der Waals surface area contributed by atoms with Gasteiger partial charge in [0.15, 0.2) is 0 Å². The van der Waals surface area contributed by atoms with E-state index in [0.717, 1.165) is 0 Å². The molecule has 0 amide bonds. The zero-order chi connectivity index (χ0) is 10.6. The molecule has 0 fully saturated rings. The van der Waals surface area contributed by atoms with Crippen LogP contribution < -0.4 is 4.74 Å². The van der Waals surface area contributed by atoms with E-state index in [1.165, 1.54) is 25.3 Å². The van der Waals surface area contributed by atoms with E-state index >= 15 is 0 Å². The van der Waals surface area contributed by atoms with Crippen molar-refractivity contribution in [3.05, 3.63) is 28.4 Å². The van der Waals surface area contributed by atoms with Gasteiger partial charge in [0, 0.05) is 0 Å². The fourth-order valence-corrected chi connectivity index (χ4v) is 0.842. The van der Waals surface area contributed by atoms with E-state index in [0.29, 0.717) is 0 Å². The van der Waals surface area contributed by atoms with Crippen molar-refractivity contribution in [3.63, 3.8) is 0 Å². The van der Waals surface area contributed by atoms with Crippen LogP contribution in [0, 0.1) is 10.1 Å². The maximum Gasteiger partial charge on any atom is 0.406 e. The highest BCUT2D eigenvalue weighted by atomic mass is 16.6. The second-order valence-electron chi connectivity index (χ2n) is 2.74. The average Bonchev–Trinajstić information content (AvgIpc) is 2.15. The van der Waals surface area contributed by atoms with E-state index in [4.69, 9.17) is 9.84 Å². The number of hydrogen-bond acceptors (Lipinski definition) is 5. The van der Waals surface area contributed by atoms with Gasteiger partial charge in [0.25, 0.3) is 0 Å². The van der Waals surface area contributed by atoms with Gasteiger partial charge in [-0.05, 0) is 29.0 Å². The van der Waals surface area contributed by atoms with Crippen LogP contribution in [0.1, 0.15) is 6.92 Å². The van der Waals surface area contributed by atoms with Gasteiger partial charge in [-0.1, -0.05) is 0 Å². The van der Waals surface area contributed by atoms with E-state index in [2.05, 4.69) is 4.98 Å². The maximum absolute atomic E-state index is 10.5. The van der Waals surface area contributed by atoms with Gasteiger partial charge in [-0.3, -0.25) is 0 Å². The first-order valence-corrected chi connectivity index (χ1v) is 4.01. The zero-order valence-corrected chi connectivity index (χ0v) is 7.58. The van der Waals surface area contributed by atoms with E-state index < -0.39 is 11.0 Å². The SMILES string of the molecule is C[C@H](O)COc1cccnc1[N+](=O)[O-]. The lowest BCUT2D eigenvalue weighted by molar-refractivity contribution is -0.390. The summed E-state index contributed by atoms with van der Waals surface area (Å²) in [6.45, 7) is 1.54. The van der Waals surface area contributed by atoms with Gasteiger partial charge in [0.2, 0.25) is 5.75 Å². The van der Waals surface area contributed by atoms with Gasteiger partial charge < -0.3 is 20.0 Å². The molecule has 0 radical (unpaired) electrons. The number of rotatable bonds is 4. The molecular formula is C8H10N2O4. The van der Waals surface area contributed by atoms with Crippen LogP contribution in [0.5, 0.6) is 5.75 Å². The van der Waals surface area contributed by atoms with Crippen LogP contribution in [0.15, 0.2) is 18.3 Å². The summed E-state index contributed by atoms with van der Waals surface area (Å²) < 4.78 is 5.01. The summed E-state index contributed by atoms with van der Waals surface area (Å²) in [5.74, 6) is -0.272. The number of aliphatic hydroxyl groups is 1. The lowest BCUT2D eigenvalue weighted by Crippen LogP contribution is -2.13. The third kappa shape index (κ3) is 2.67. The van der Waals surface area contributed by atoms with Crippen LogP contribution in [-0.2, 0) is 0 Å². The van der Waals surface area contributed by atoms with Crippen LogP contribution in [-0.4, -0.2) is 27.7 Å². The van der Waals surface area contributed by atoms with Crippen molar-refractivity contribution in [2.45, 2.75) is 13.0 Å². The quantitative estimate of drug-likeness (QED) is 0.569. The minimum Gasteiger partial charge on any atom is -0.483 e. The molecule has 76 valence electrons. The van der Waals surface area contributed by atoms with Crippen LogP contribution in [0.3, 0.4) is 0 Å². The smallest absolute Gasteiger partial charge is 0.406 e. The Morgan fingerprint density at radius 1 is 1.79 bits per heavy atom. The Kier molecular flexibility index (Phi) is 3.35. The molecule has 0 aliphatic rings. The molecule has 0 saturated carbocycles. The van der Waals surface area contributed by atoms with Crippen molar-refractivity contribution in [1.82, 2.24) is 4.98 Å². The minimum atomic E-state index is -0.671. The zero-order valence-electron chi connectivity index (χ0n) is 7.58. The second-order valence-corrected chi connectivity index (χ2v) is 2.74. The number of nitrogens with zero attached hydrogens (tertiary/aromatic N) is 2. The first-order chi connectivity index (χ1) is 6.61. The van der Waals surface area contributed by atoms with Gasteiger partial charge in [-0.25, -0.2) is 0 Å². The lowest BCUT2D eigenvalue weighted by atomic mass is 10.4. The Bertz CT molecular complexity index is 327. The molecule has 1 aromatic rings. The van der Waals surface area contributed by atoms with Gasteiger partial charge >= 0.3 is 5.82 Å². The normalized spacial score (nSPS) is 12.1. The summed E-state index contributed by atoms with van der Waals surface area (Å²) in [5, 5.41) is 19.4. The predicted molar refractivity (Wildman–Crippen MR) is 48.1 cm³/mol. The first kappa shape index (κ1) is 10.4. The molecule has 1 atom stereocenters. The maximum atomic E-state index is 10.5. The van der Waals surface area contributed by atoms with Crippen molar-refractivity contribution in [1.29, 1.82) is 0 Å². The number of aromatic nitrogens is 1. The minimum absolute atomic E-state index is 0.00648. The highest BCUT2D eigenvalue weighted by molar-refractivity contribution is 5.38. The molecular weight excluding hydrogens is 188 g/mol. The Morgan fingerprint density at radius 2 is 2.50 bits per heavy atom. The number of nitro groups is 1. The molecule has 6 nitrogen and oxygen atoms in total. The molecule has 1 N–H and O–H groups in total. The highest BCUT2D eigenvalue weighted by Gasteiger charge is 2.15. The van der Waals surface area contributed by atoms with Crippen molar-refractivity contribution in [3.8, 4) is 5.75 Å². The van der Waals surface area contributed by atoms with Gasteiger partial charge in [-0.15, -0.1) is 0 Å². The third-order valence-electron chi connectivity index (χ3n) is 1.40. The molecule has 0 aliphatic heterocycles. The van der Waals surface area contributed by atoms with E-state index in [-0.39, 0.29) is 18.2 Å². The Hall–Kier alpha value is -1.69. The molecule has 1 rings (SSSR count). The average molecular weight is 198 g/mol. The number of hydrogen-bond donors (Lipinski definition) is 1. The van der Waals surface area contributed by atoms with Crippen molar-refractivity contribution in [2.75, 3.05) is 6.61 Å². The van der Waals surface area contributed by atoms with Gasteiger partial charge in [0.1, 0.15) is 12.8 Å². The summed E-state index contributed by atoms with van der Waals surface area (Å²) in [5.41, 5.74) is 0. The van der Waals surface area contributed by atoms with Gasteiger partial charge in [-0.2, -0.15) is 0 Å². The Morgan fingerprint density at radius 3 is 3.07 bits per heavy atom. The van der Waals surface area contributed by atoms with Crippen LogP contribution in [0.2, 0.25) is 0 Å². The standard InChI is InChI=1S/C8H10N2O4/c1-6(11)5-14-7-3-2-4-9-8(7)10(12)13/h2-4,6,11H,5H2,1H3/t6-/m0/s1. The largest absolute Gasteiger partial charge is 0.483 e. The first-order valence-electron chi connectivity index (χ1n) is 4.01. The fraction of sp³-hybridized carbons (Fsp3) is 0.375. The predicted octanol–water partition coefficient (Wildman–Crippen LogP) is 0.749. The Balaban J connectivity index is 2.79. The molecule has 0 spiro atoms. The van der Waals surface area contributed by atoms with Crippen molar-refractivity contribution in [2.24, 2.45) is 0 Å². The second kappa shape index (κ2) is 4.52. The topological polar surface area (TPSA) is 85.5 Å². The third-order valence-corrected chi connectivity index (χ3v) is 1.40. The molecule has 0 aliphatic carbocycles. The summed E-state index contributed by atoms with van der Waals surface area (Å²) in [4.78, 5) is 13.4. The van der Waals surface area contributed by atoms with Crippen LogP contribution >= 0.6 is 0 Å². The number of pyridine rings is 1. The molecule has 1 heterocycles. The van der Waals surface area contributed by atoms with Crippen LogP contribution in [0.4, 0.5) is 5.82 Å². The molecule has 0 aromatic carbocycles. The summed E-state index contributed by atoms with van der Waals surface area (Å²) >= 11 is 0. The summed E-state index contributed by atoms with van der Waals surface area (Å²) in [6.07, 6.45) is 0.641. The number of aliphatic hydroxyl groups excluding tert-OH is 1. The van der Waals surface area contributed by atoms with Gasteiger partial charge in [0.05, 0.1) is 6.10 Å². The van der Waals surface area contributed by atoms with E-state index in [1.54, 1.807) is 0 Å². The summed E-state index contributed by atoms with van der Waals surface area (Å²) in [7, 11) is 0. The van der Waals surface area contributed by atoms with E-state index in [1.807, 2.05) is 0 Å². The molecule has 1 aromatic heterocycles.